The van der Waals surface area contributed by atoms with E-state index in [2.05, 4.69) is 10.5 Å². The number of rotatable bonds is 7. The van der Waals surface area contributed by atoms with Gasteiger partial charge in [-0.25, -0.2) is 0 Å². The van der Waals surface area contributed by atoms with Crippen molar-refractivity contribution in [2.24, 2.45) is 5.73 Å². The van der Waals surface area contributed by atoms with Gasteiger partial charge < -0.3 is 16.3 Å². The maximum atomic E-state index is 11.0. The molecule has 6 heteroatoms. The molecule has 4 N–H and O–H groups in total. The van der Waals surface area contributed by atoms with Crippen LogP contribution in [0, 0.1) is 6.92 Å². The van der Waals surface area contributed by atoms with Crippen molar-refractivity contribution in [1.82, 2.24) is 10.5 Å². The van der Waals surface area contributed by atoms with Gasteiger partial charge in [-0.05, 0) is 33.3 Å². The van der Waals surface area contributed by atoms with E-state index in [1.54, 1.807) is 0 Å². The zero-order valence-corrected chi connectivity index (χ0v) is 13.8. The number of hydrogen-bond acceptors (Lipinski definition) is 4. The van der Waals surface area contributed by atoms with Gasteiger partial charge in [0.1, 0.15) is 5.78 Å². The predicted octanol–water partition coefficient (Wildman–Crippen LogP) is 1.16. The summed E-state index contributed by atoms with van der Waals surface area (Å²) in [6.45, 7) is 7.36. The molecule has 22 heavy (non-hydrogen) atoms. The highest BCUT2D eigenvalue weighted by Gasteiger charge is 2.12. The largest absolute Gasteiger partial charge is 0.363 e. The van der Waals surface area contributed by atoms with E-state index in [1.807, 2.05) is 45.0 Å². The molecule has 2 radical (unpaired) electrons. The van der Waals surface area contributed by atoms with E-state index in [1.165, 1.54) is 6.92 Å². The predicted molar refractivity (Wildman–Crippen MR) is 90.4 cm³/mol. The molecule has 5 nitrogen and oxygen atoms in total. The van der Waals surface area contributed by atoms with Crippen LogP contribution < -0.4 is 16.3 Å². The van der Waals surface area contributed by atoms with E-state index in [0.29, 0.717) is 12.8 Å². The number of nitrogens with two attached hydrogens (primary N) is 1. The summed E-state index contributed by atoms with van der Waals surface area (Å²) in [6, 6.07) is 7.92. The summed E-state index contributed by atoms with van der Waals surface area (Å²) in [6.07, 6.45) is 0.968. The third-order valence-corrected chi connectivity index (χ3v) is 3.29. The number of hydrogen-bond donors (Lipinski definition) is 3. The molecule has 0 fully saturated rings. The second kappa shape index (κ2) is 11.0. The number of aryl methyl sites for hydroxylation is 1. The summed E-state index contributed by atoms with van der Waals surface area (Å²) >= 11 is 0. The van der Waals surface area contributed by atoms with Gasteiger partial charge in [0.05, 0.1) is 6.04 Å². The molecule has 0 aliphatic carbocycles. The fraction of sp³-hybridized carbons (Fsp3) is 0.500. The Morgan fingerprint density at radius 2 is 1.86 bits per heavy atom. The van der Waals surface area contributed by atoms with E-state index in [0.717, 1.165) is 11.1 Å². The van der Waals surface area contributed by atoms with Crippen LogP contribution in [0.5, 0.6) is 0 Å². The van der Waals surface area contributed by atoms with Crippen molar-refractivity contribution >= 4 is 20.2 Å². The van der Waals surface area contributed by atoms with Crippen LogP contribution in [-0.2, 0) is 9.59 Å². The quantitative estimate of drug-likeness (QED) is 0.521. The van der Waals surface area contributed by atoms with Crippen LogP contribution in [-0.4, -0.2) is 32.3 Å². The smallest absolute Gasteiger partial charge is 0.207 e. The number of amides is 1. The van der Waals surface area contributed by atoms with Gasteiger partial charge in [0, 0.05) is 18.5 Å². The molecule has 0 bridgehead atoms. The Balaban J connectivity index is 0.000000534. The van der Waals surface area contributed by atoms with Crippen molar-refractivity contribution in [3.63, 3.8) is 0 Å². The Bertz CT molecular complexity index is 449. The molecule has 0 aliphatic heterocycles. The molecule has 3 atom stereocenters. The van der Waals surface area contributed by atoms with Crippen LogP contribution in [0.15, 0.2) is 24.3 Å². The molecule has 120 valence electrons. The van der Waals surface area contributed by atoms with Gasteiger partial charge in [0.15, 0.2) is 7.98 Å². The molecule has 0 heterocycles. The zero-order chi connectivity index (χ0) is 17.1. The Hall–Kier alpha value is -1.66. The molecule has 1 rings (SSSR count). The molecule has 1 amide bonds. The molecule has 0 aromatic heterocycles. The lowest BCUT2D eigenvalue weighted by Gasteiger charge is -2.14. The lowest BCUT2D eigenvalue weighted by molar-refractivity contribution is -0.117. The van der Waals surface area contributed by atoms with Gasteiger partial charge in [-0.15, -0.1) is 0 Å². The van der Waals surface area contributed by atoms with E-state index >= 15 is 0 Å². The molecular weight excluding hydrogens is 277 g/mol. The Morgan fingerprint density at radius 1 is 1.32 bits per heavy atom. The first-order chi connectivity index (χ1) is 10.3. The van der Waals surface area contributed by atoms with Crippen molar-refractivity contribution in [1.29, 1.82) is 0 Å². The van der Waals surface area contributed by atoms with Crippen molar-refractivity contribution < 1.29 is 9.59 Å². The second-order valence-electron chi connectivity index (χ2n) is 5.47. The van der Waals surface area contributed by atoms with Crippen LogP contribution in [0.4, 0.5) is 0 Å². The van der Waals surface area contributed by atoms with Crippen LogP contribution in [0.2, 0.25) is 0 Å². The van der Waals surface area contributed by atoms with Gasteiger partial charge in [-0.3, -0.25) is 9.59 Å². The topological polar surface area (TPSA) is 84.2 Å². The van der Waals surface area contributed by atoms with Gasteiger partial charge in [-0.2, -0.15) is 0 Å². The summed E-state index contributed by atoms with van der Waals surface area (Å²) in [5.41, 5.74) is 7.52. The fourth-order valence-corrected chi connectivity index (χ4v) is 1.59. The normalized spacial score (nSPS) is 14.0. The summed E-state index contributed by atoms with van der Waals surface area (Å²) < 4.78 is 0. The highest BCUT2D eigenvalue weighted by Crippen LogP contribution is 2.17. The molecular formula is C16H26BN3O2. The van der Waals surface area contributed by atoms with Gasteiger partial charge in [0.2, 0.25) is 6.41 Å². The lowest BCUT2D eigenvalue weighted by atomic mass is 10.0. The summed E-state index contributed by atoms with van der Waals surface area (Å²) in [5.74, 6) is 0.0647. The number of carbonyl (C=O) groups excluding carboxylic acids is 2. The summed E-state index contributed by atoms with van der Waals surface area (Å²) in [7, 11) is 5.04. The highest BCUT2D eigenvalue weighted by atomic mass is 16.1. The molecule has 0 saturated carbocycles. The molecule has 1 aromatic carbocycles. The zero-order valence-electron chi connectivity index (χ0n) is 13.8. The summed E-state index contributed by atoms with van der Waals surface area (Å²) in [4.78, 5) is 21.4. The van der Waals surface area contributed by atoms with Crippen LogP contribution >= 0.6 is 0 Å². The summed E-state index contributed by atoms with van der Waals surface area (Å²) in [5, 5.41) is 5.19. The number of carbonyl (C=O) groups is 2. The average molecular weight is 303 g/mol. The van der Waals surface area contributed by atoms with Gasteiger partial charge in [0.25, 0.3) is 0 Å². The number of Topliss-reactive ketones (excluding diaryl/α,β-unsaturated/α-hetero) is 1. The van der Waals surface area contributed by atoms with Crippen LogP contribution in [0.25, 0.3) is 0 Å². The van der Waals surface area contributed by atoms with Crippen LogP contribution in [0.1, 0.15) is 44.4 Å². The van der Waals surface area contributed by atoms with Crippen LogP contribution in [0.3, 0.4) is 0 Å². The maximum absolute atomic E-state index is 11.0. The standard InChI is InChI=1S/C12H15NO2.C4H11BN2/c1-9-3-5-11(6-4-9)12(13-8-14)7-10(2)15;1-3(6)4(2)7-5/h3-6,8,12H,7H2,1-2H3,(H,13,14);3-4,7H,6H2,1-2H3. The Kier molecular flexibility index (Phi) is 10.2. The van der Waals surface area contributed by atoms with Gasteiger partial charge >= 0.3 is 0 Å². The van der Waals surface area contributed by atoms with Crippen molar-refractivity contribution in [2.45, 2.75) is 52.2 Å². The highest BCUT2D eigenvalue weighted by molar-refractivity contribution is 6.04. The monoisotopic (exact) mass is 303 g/mol. The van der Waals surface area contributed by atoms with E-state index < -0.39 is 0 Å². The minimum absolute atomic E-state index is 0.0647. The molecule has 0 saturated heterocycles. The van der Waals surface area contributed by atoms with Gasteiger partial charge in [-0.1, -0.05) is 29.8 Å². The van der Waals surface area contributed by atoms with E-state index in [9.17, 15) is 9.59 Å². The molecule has 3 unspecified atom stereocenters. The lowest BCUT2D eigenvalue weighted by Crippen LogP contribution is -2.39. The first-order valence-electron chi connectivity index (χ1n) is 7.29. The third kappa shape index (κ3) is 8.59. The SMILES string of the molecule is CC(=O)CC(NC=O)c1ccc(C)cc1.[B]NC(C)C(C)N. The number of ketones is 1. The fourth-order valence-electron chi connectivity index (χ4n) is 1.59. The van der Waals surface area contributed by atoms with E-state index in [-0.39, 0.29) is 23.9 Å². The molecule has 0 spiro atoms. The Labute approximate surface area is 134 Å². The second-order valence-corrected chi connectivity index (χ2v) is 5.47. The first kappa shape index (κ1) is 20.3. The minimum atomic E-state index is -0.208. The average Bonchev–Trinajstić information content (AvgIpc) is 2.47. The number of benzene rings is 1. The molecule has 1 aromatic rings. The molecule has 0 aliphatic rings. The third-order valence-electron chi connectivity index (χ3n) is 3.29. The Morgan fingerprint density at radius 3 is 2.18 bits per heavy atom. The minimum Gasteiger partial charge on any atom is -0.363 e. The van der Waals surface area contributed by atoms with Crippen molar-refractivity contribution in [3.05, 3.63) is 35.4 Å². The number of nitrogens with one attached hydrogen (secondary N) is 2. The first-order valence-corrected chi connectivity index (χ1v) is 7.29. The van der Waals surface area contributed by atoms with Crippen molar-refractivity contribution in [2.75, 3.05) is 0 Å². The van der Waals surface area contributed by atoms with Crippen molar-refractivity contribution in [3.8, 4) is 0 Å². The van der Waals surface area contributed by atoms with E-state index in [4.69, 9.17) is 13.7 Å². The maximum Gasteiger partial charge on any atom is 0.207 e.